The zero-order chi connectivity index (χ0) is 10.6. The average Bonchev–Trinajstić information content (AvgIpc) is 2.55. The number of carboxylic acids is 1. The van der Waals surface area contributed by atoms with E-state index < -0.39 is 11.4 Å². The molecule has 2 nitrogen and oxygen atoms in total. The summed E-state index contributed by atoms with van der Waals surface area (Å²) in [6.07, 6.45) is 5.38. The molecule has 0 aromatic heterocycles. The van der Waals surface area contributed by atoms with Gasteiger partial charge >= 0.3 is 5.97 Å². The molecule has 0 heterocycles. The molecule has 2 fully saturated rings. The van der Waals surface area contributed by atoms with Crippen molar-refractivity contribution in [2.45, 2.75) is 52.9 Å². The highest BCUT2D eigenvalue weighted by molar-refractivity contribution is 5.81. The standard InChI is InChI=1S/C12H20O2/c1-4-11(6-5-7-11)12(9(13)14)8-10(12,2)3/h4-8H2,1-3H3,(H,13,14). The zero-order valence-electron chi connectivity index (χ0n) is 9.39. The van der Waals surface area contributed by atoms with Crippen LogP contribution in [0.2, 0.25) is 0 Å². The molecule has 1 unspecified atom stereocenters. The zero-order valence-corrected chi connectivity index (χ0v) is 9.39. The van der Waals surface area contributed by atoms with Crippen molar-refractivity contribution in [3.8, 4) is 0 Å². The minimum absolute atomic E-state index is 0.0231. The summed E-state index contributed by atoms with van der Waals surface area (Å²) in [4.78, 5) is 11.5. The molecule has 14 heavy (non-hydrogen) atoms. The molecule has 80 valence electrons. The van der Waals surface area contributed by atoms with Gasteiger partial charge in [-0.2, -0.15) is 0 Å². The summed E-state index contributed by atoms with van der Waals surface area (Å²) in [6.45, 7) is 6.37. The second-order valence-electron chi connectivity index (χ2n) is 5.76. The van der Waals surface area contributed by atoms with Gasteiger partial charge in [-0.05, 0) is 36.5 Å². The Bertz CT molecular complexity index is 271. The van der Waals surface area contributed by atoms with Gasteiger partial charge in [0.05, 0.1) is 5.41 Å². The van der Waals surface area contributed by atoms with E-state index in [-0.39, 0.29) is 10.8 Å². The van der Waals surface area contributed by atoms with Crippen LogP contribution in [-0.4, -0.2) is 11.1 Å². The van der Waals surface area contributed by atoms with Crippen molar-refractivity contribution in [1.82, 2.24) is 0 Å². The molecular formula is C12H20O2. The Kier molecular flexibility index (Phi) is 1.81. The van der Waals surface area contributed by atoms with Crippen molar-refractivity contribution in [2.75, 3.05) is 0 Å². The lowest BCUT2D eigenvalue weighted by molar-refractivity contribution is -0.156. The van der Waals surface area contributed by atoms with Crippen molar-refractivity contribution in [3.63, 3.8) is 0 Å². The summed E-state index contributed by atoms with van der Waals surface area (Å²) in [5.41, 5.74) is -0.245. The van der Waals surface area contributed by atoms with Crippen LogP contribution in [0.4, 0.5) is 0 Å². The second-order valence-corrected chi connectivity index (χ2v) is 5.76. The topological polar surface area (TPSA) is 37.3 Å². The predicted molar refractivity (Wildman–Crippen MR) is 55.0 cm³/mol. The number of carboxylic acid groups (broad SMARTS) is 1. The summed E-state index contributed by atoms with van der Waals surface area (Å²) in [5, 5.41) is 9.47. The maximum atomic E-state index is 11.5. The van der Waals surface area contributed by atoms with E-state index >= 15 is 0 Å². The Morgan fingerprint density at radius 3 is 1.93 bits per heavy atom. The summed E-state index contributed by atoms with van der Waals surface area (Å²) in [7, 11) is 0. The summed E-state index contributed by atoms with van der Waals surface area (Å²) in [5.74, 6) is -0.552. The number of aliphatic carboxylic acids is 1. The molecule has 0 aliphatic heterocycles. The minimum atomic E-state index is -0.552. The second kappa shape index (κ2) is 2.53. The number of hydrogen-bond donors (Lipinski definition) is 1. The molecule has 0 saturated heterocycles. The van der Waals surface area contributed by atoms with Crippen molar-refractivity contribution < 1.29 is 9.90 Å². The van der Waals surface area contributed by atoms with E-state index in [4.69, 9.17) is 0 Å². The van der Waals surface area contributed by atoms with E-state index in [1.165, 1.54) is 6.42 Å². The number of rotatable bonds is 3. The molecule has 1 atom stereocenters. The van der Waals surface area contributed by atoms with Crippen LogP contribution < -0.4 is 0 Å². The Morgan fingerprint density at radius 1 is 1.36 bits per heavy atom. The van der Waals surface area contributed by atoms with Gasteiger partial charge in [-0.1, -0.05) is 27.2 Å². The fraction of sp³-hybridized carbons (Fsp3) is 0.917. The van der Waals surface area contributed by atoms with Crippen LogP contribution in [-0.2, 0) is 4.79 Å². The largest absolute Gasteiger partial charge is 0.481 e. The number of hydrogen-bond acceptors (Lipinski definition) is 1. The maximum absolute atomic E-state index is 11.5. The molecule has 0 spiro atoms. The monoisotopic (exact) mass is 196 g/mol. The fourth-order valence-corrected chi connectivity index (χ4v) is 3.80. The highest BCUT2D eigenvalue weighted by atomic mass is 16.4. The fourth-order valence-electron chi connectivity index (χ4n) is 3.80. The van der Waals surface area contributed by atoms with Gasteiger partial charge in [0.15, 0.2) is 0 Å². The molecular weight excluding hydrogens is 176 g/mol. The molecule has 0 aromatic rings. The SMILES string of the molecule is CCC1(C2(C(=O)O)CC2(C)C)CCC1. The maximum Gasteiger partial charge on any atom is 0.310 e. The molecule has 2 saturated carbocycles. The molecule has 0 bridgehead atoms. The molecule has 0 aromatic carbocycles. The van der Waals surface area contributed by atoms with Crippen molar-refractivity contribution in [1.29, 1.82) is 0 Å². The van der Waals surface area contributed by atoms with Gasteiger partial charge in [0, 0.05) is 0 Å². The van der Waals surface area contributed by atoms with Crippen molar-refractivity contribution >= 4 is 5.97 Å². The van der Waals surface area contributed by atoms with Gasteiger partial charge in [0.2, 0.25) is 0 Å². The molecule has 0 amide bonds. The van der Waals surface area contributed by atoms with Gasteiger partial charge < -0.3 is 5.11 Å². The summed E-state index contributed by atoms with van der Waals surface area (Å²) >= 11 is 0. The Morgan fingerprint density at radius 2 is 1.86 bits per heavy atom. The Labute approximate surface area is 85.7 Å². The molecule has 2 heteroatoms. The highest BCUT2D eigenvalue weighted by Crippen LogP contribution is 2.77. The normalized spacial score (nSPS) is 37.4. The molecule has 2 aliphatic rings. The van der Waals surface area contributed by atoms with Crippen molar-refractivity contribution in [3.05, 3.63) is 0 Å². The van der Waals surface area contributed by atoms with Gasteiger partial charge in [-0.15, -0.1) is 0 Å². The van der Waals surface area contributed by atoms with Crippen LogP contribution >= 0.6 is 0 Å². The summed E-state index contributed by atoms with van der Waals surface area (Å²) in [6, 6.07) is 0. The van der Waals surface area contributed by atoms with Crippen LogP contribution in [0.15, 0.2) is 0 Å². The molecule has 2 aliphatic carbocycles. The molecule has 0 radical (unpaired) electrons. The Balaban J connectivity index is 2.34. The molecule has 1 N–H and O–H groups in total. The highest BCUT2D eigenvalue weighted by Gasteiger charge is 2.76. The lowest BCUT2D eigenvalue weighted by Crippen LogP contribution is -2.45. The quantitative estimate of drug-likeness (QED) is 0.753. The smallest absolute Gasteiger partial charge is 0.310 e. The van der Waals surface area contributed by atoms with E-state index in [0.29, 0.717) is 0 Å². The van der Waals surface area contributed by atoms with Crippen LogP contribution in [0.3, 0.4) is 0 Å². The van der Waals surface area contributed by atoms with Gasteiger partial charge in [0.1, 0.15) is 0 Å². The first kappa shape index (κ1) is 10.0. The summed E-state index contributed by atoms with van der Waals surface area (Å²) < 4.78 is 0. The van der Waals surface area contributed by atoms with Crippen LogP contribution in [0.1, 0.15) is 52.9 Å². The van der Waals surface area contributed by atoms with Crippen LogP contribution in [0, 0.1) is 16.2 Å². The average molecular weight is 196 g/mol. The van der Waals surface area contributed by atoms with Gasteiger partial charge in [0.25, 0.3) is 0 Å². The lowest BCUT2D eigenvalue weighted by atomic mass is 9.55. The van der Waals surface area contributed by atoms with Crippen LogP contribution in [0.5, 0.6) is 0 Å². The minimum Gasteiger partial charge on any atom is -0.481 e. The van der Waals surface area contributed by atoms with E-state index in [2.05, 4.69) is 20.8 Å². The van der Waals surface area contributed by atoms with E-state index in [9.17, 15) is 9.90 Å². The Hall–Kier alpha value is -0.530. The van der Waals surface area contributed by atoms with E-state index in [1.54, 1.807) is 0 Å². The van der Waals surface area contributed by atoms with Crippen molar-refractivity contribution in [2.24, 2.45) is 16.2 Å². The third-order valence-electron chi connectivity index (χ3n) is 5.00. The first-order chi connectivity index (χ1) is 6.42. The molecule has 2 rings (SSSR count). The predicted octanol–water partition coefficient (Wildman–Crippen LogP) is 3.07. The van der Waals surface area contributed by atoms with Gasteiger partial charge in [-0.3, -0.25) is 4.79 Å². The number of carbonyl (C=O) groups is 1. The van der Waals surface area contributed by atoms with E-state index in [1.807, 2.05) is 0 Å². The lowest BCUT2D eigenvalue weighted by Gasteiger charge is -2.48. The van der Waals surface area contributed by atoms with Crippen LogP contribution in [0.25, 0.3) is 0 Å². The third kappa shape index (κ3) is 0.850. The first-order valence-corrected chi connectivity index (χ1v) is 5.65. The van der Waals surface area contributed by atoms with Gasteiger partial charge in [-0.25, -0.2) is 0 Å². The first-order valence-electron chi connectivity index (χ1n) is 5.65. The van der Waals surface area contributed by atoms with E-state index in [0.717, 1.165) is 25.7 Å². The third-order valence-corrected chi connectivity index (χ3v) is 5.00.